The third-order valence-corrected chi connectivity index (χ3v) is 4.53. The van der Waals surface area contributed by atoms with Gasteiger partial charge in [0, 0.05) is 31.2 Å². The molecule has 0 saturated carbocycles. The average Bonchev–Trinajstić information content (AvgIpc) is 2.92. The van der Waals surface area contributed by atoms with Crippen LogP contribution in [0.25, 0.3) is 0 Å². The zero-order chi connectivity index (χ0) is 18.7. The summed E-state index contributed by atoms with van der Waals surface area (Å²) in [6.07, 6.45) is 1.77. The summed E-state index contributed by atoms with van der Waals surface area (Å²) in [6, 6.07) is 14.0. The van der Waals surface area contributed by atoms with Gasteiger partial charge in [-0.1, -0.05) is 18.2 Å². The number of amides is 1. The molecule has 0 spiro atoms. The second-order valence-corrected chi connectivity index (χ2v) is 6.48. The smallest absolute Gasteiger partial charge is 0.255 e. The predicted molar refractivity (Wildman–Crippen MR) is 99.4 cm³/mol. The standard InChI is InChI=1S/C21H22FN3O/c1-15-12-20(16(2)25(15)14-19-6-4-5-11-23-19)21(26)24(3)13-17-7-9-18(22)10-8-17/h4-12H,13-14H2,1-3H3. The van der Waals surface area contributed by atoms with Crippen LogP contribution in [0.3, 0.4) is 0 Å². The van der Waals surface area contributed by atoms with Gasteiger partial charge in [-0.05, 0) is 49.7 Å². The molecule has 0 unspecified atom stereocenters. The lowest BCUT2D eigenvalue weighted by Gasteiger charge is -2.17. The molecule has 1 aromatic carbocycles. The number of halogens is 1. The molecule has 0 fully saturated rings. The number of nitrogens with zero attached hydrogens (tertiary/aromatic N) is 3. The highest BCUT2D eigenvalue weighted by molar-refractivity contribution is 5.95. The van der Waals surface area contributed by atoms with Gasteiger partial charge in [-0.2, -0.15) is 0 Å². The molecule has 0 aliphatic heterocycles. The van der Waals surface area contributed by atoms with Crippen LogP contribution in [-0.2, 0) is 13.1 Å². The third-order valence-electron chi connectivity index (χ3n) is 4.53. The SMILES string of the molecule is Cc1cc(C(=O)N(C)Cc2ccc(F)cc2)c(C)n1Cc1ccccn1. The van der Waals surface area contributed by atoms with E-state index in [1.807, 2.05) is 38.1 Å². The summed E-state index contributed by atoms with van der Waals surface area (Å²) in [5, 5.41) is 0. The molecule has 0 radical (unpaired) electrons. The van der Waals surface area contributed by atoms with Crippen LogP contribution >= 0.6 is 0 Å². The maximum absolute atomic E-state index is 13.0. The molecule has 0 N–H and O–H groups in total. The Morgan fingerprint density at radius 2 is 1.88 bits per heavy atom. The number of rotatable bonds is 5. The molecule has 3 aromatic rings. The fourth-order valence-electron chi connectivity index (χ4n) is 3.06. The van der Waals surface area contributed by atoms with Crippen LogP contribution in [0, 0.1) is 19.7 Å². The van der Waals surface area contributed by atoms with Gasteiger partial charge in [0.25, 0.3) is 5.91 Å². The second-order valence-electron chi connectivity index (χ2n) is 6.48. The number of aromatic nitrogens is 2. The van der Waals surface area contributed by atoms with E-state index in [-0.39, 0.29) is 11.7 Å². The highest BCUT2D eigenvalue weighted by Crippen LogP contribution is 2.19. The highest BCUT2D eigenvalue weighted by atomic mass is 19.1. The number of hydrogen-bond acceptors (Lipinski definition) is 2. The molecule has 3 rings (SSSR count). The van der Waals surface area contributed by atoms with Gasteiger partial charge in [-0.15, -0.1) is 0 Å². The van der Waals surface area contributed by atoms with E-state index in [0.717, 1.165) is 22.6 Å². The van der Waals surface area contributed by atoms with Crippen LogP contribution in [0.4, 0.5) is 4.39 Å². The Labute approximate surface area is 152 Å². The van der Waals surface area contributed by atoms with Crippen LogP contribution in [-0.4, -0.2) is 27.4 Å². The maximum Gasteiger partial charge on any atom is 0.255 e. The van der Waals surface area contributed by atoms with E-state index < -0.39 is 0 Å². The van der Waals surface area contributed by atoms with Crippen LogP contribution < -0.4 is 0 Å². The highest BCUT2D eigenvalue weighted by Gasteiger charge is 2.19. The number of hydrogen-bond donors (Lipinski definition) is 0. The van der Waals surface area contributed by atoms with Gasteiger partial charge < -0.3 is 9.47 Å². The lowest BCUT2D eigenvalue weighted by atomic mass is 10.2. The Hall–Kier alpha value is -2.95. The summed E-state index contributed by atoms with van der Waals surface area (Å²) in [5.41, 5.74) is 4.47. The first-order chi connectivity index (χ1) is 12.5. The number of pyridine rings is 1. The summed E-state index contributed by atoms with van der Waals surface area (Å²) in [5.74, 6) is -0.324. The molecule has 4 nitrogen and oxygen atoms in total. The first-order valence-electron chi connectivity index (χ1n) is 8.52. The minimum atomic E-state index is -0.277. The Morgan fingerprint density at radius 1 is 1.15 bits per heavy atom. The first-order valence-corrected chi connectivity index (χ1v) is 8.52. The fraction of sp³-hybridized carbons (Fsp3) is 0.238. The van der Waals surface area contributed by atoms with Crippen molar-refractivity contribution >= 4 is 5.91 Å². The van der Waals surface area contributed by atoms with Crippen LogP contribution in [0.2, 0.25) is 0 Å². The van der Waals surface area contributed by atoms with Crippen molar-refractivity contribution in [3.8, 4) is 0 Å². The molecule has 134 valence electrons. The zero-order valence-electron chi connectivity index (χ0n) is 15.2. The molecular formula is C21H22FN3O. The largest absolute Gasteiger partial charge is 0.342 e. The van der Waals surface area contributed by atoms with Gasteiger partial charge >= 0.3 is 0 Å². The molecule has 0 saturated heterocycles. The summed E-state index contributed by atoms with van der Waals surface area (Å²) in [6.45, 7) is 5.01. The van der Waals surface area contributed by atoms with Crippen molar-refractivity contribution < 1.29 is 9.18 Å². The van der Waals surface area contributed by atoms with Crippen molar-refractivity contribution in [2.75, 3.05) is 7.05 Å². The molecule has 1 amide bonds. The van der Waals surface area contributed by atoms with Crippen LogP contribution in [0.15, 0.2) is 54.7 Å². The van der Waals surface area contributed by atoms with Gasteiger partial charge in [0.05, 0.1) is 17.8 Å². The summed E-state index contributed by atoms with van der Waals surface area (Å²) < 4.78 is 15.1. The first kappa shape index (κ1) is 17.9. The number of aryl methyl sites for hydroxylation is 1. The van der Waals surface area contributed by atoms with Gasteiger partial charge in [0.2, 0.25) is 0 Å². The summed E-state index contributed by atoms with van der Waals surface area (Å²) in [7, 11) is 1.76. The Balaban J connectivity index is 1.79. The van der Waals surface area contributed by atoms with Crippen molar-refractivity contribution in [3.05, 3.63) is 88.8 Å². The molecule has 5 heteroatoms. The minimum Gasteiger partial charge on any atom is -0.342 e. The molecule has 26 heavy (non-hydrogen) atoms. The van der Waals surface area contributed by atoms with E-state index in [4.69, 9.17) is 0 Å². The molecule has 0 bridgehead atoms. The quantitative estimate of drug-likeness (QED) is 0.698. The van der Waals surface area contributed by atoms with E-state index in [1.54, 1.807) is 30.3 Å². The zero-order valence-corrected chi connectivity index (χ0v) is 15.2. The van der Waals surface area contributed by atoms with E-state index in [9.17, 15) is 9.18 Å². The second kappa shape index (κ2) is 7.52. The van der Waals surface area contributed by atoms with Crippen molar-refractivity contribution in [3.63, 3.8) is 0 Å². The molecule has 0 atom stereocenters. The fourth-order valence-corrected chi connectivity index (χ4v) is 3.06. The Morgan fingerprint density at radius 3 is 2.54 bits per heavy atom. The summed E-state index contributed by atoms with van der Waals surface area (Å²) in [4.78, 5) is 18.9. The molecule has 2 heterocycles. The average molecular weight is 351 g/mol. The number of carbonyl (C=O) groups excluding carboxylic acids is 1. The van der Waals surface area contributed by atoms with E-state index >= 15 is 0 Å². The molecule has 0 aliphatic rings. The minimum absolute atomic E-state index is 0.0466. The van der Waals surface area contributed by atoms with Crippen molar-refractivity contribution in [2.24, 2.45) is 0 Å². The molecule has 0 aliphatic carbocycles. The van der Waals surface area contributed by atoms with Crippen molar-refractivity contribution in [1.82, 2.24) is 14.5 Å². The third kappa shape index (κ3) is 3.82. The van der Waals surface area contributed by atoms with Crippen LogP contribution in [0.5, 0.6) is 0 Å². The molecule has 2 aromatic heterocycles. The Bertz CT molecular complexity index is 901. The number of carbonyl (C=O) groups is 1. The lowest BCUT2D eigenvalue weighted by molar-refractivity contribution is 0.0784. The van der Waals surface area contributed by atoms with Crippen LogP contribution in [0.1, 0.15) is 33.0 Å². The Kier molecular flexibility index (Phi) is 5.16. The lowest BCUT2D eigenvalue weighted by Crippen LogP contribution is -2.26. The maximum atomic E-state index is 13.0. The normalized spacial score (nSPS) is 10.8. The van der Waals surface area contributed by atoms with Gasteiger partial charge in [0.1, 0.15) is 5.82 Å². The molecular weight excluding hydrogens is 329 g/mol. The van der Waals surface area contributed by atoms with Gasteiger partial charge in [-0.3, -0.25) is 9.78 Å². The topological polar surface area (TPSA) is 38.1 Å². The van der Waals surface area contributed by atoms with E-state index in [2.05, 4.69) is 9.55 Å². The van der Waals surface area contributed by atoms with E-state index in [1.165, 1.54) is 12.1 Å². The van der Waals surface area contributed by atoms with Gasteiger partial charge in [-0.25, -0.2) is 4.39 Å². The predicted octanol–water partition coefficient (Wildman–Crippen LogP) is 3.96. The summed E-state index contributed by atoms with van der Waals surface area (Å²) >= 11 is 0. The number of benzene rings is 1. The van der Waals surface area contributed by atoms with E-state index in [0.29, 0.717) is 18.7 Å². The monoisotopic (exact) mass is 351 g/mol. The van der Waals surface area contributed by atoms with Gasteiger partial charge in [0.15, 0.2) is 0 Å². The van der Waals surface area contributed by atoms with Crippen molar-refractivity contribution in [1.29, 1.82) is 0 Å². The van der Waals surface area contributed by atoms with Crippen molar-refractivity contribution in [2.45, 2.75) is 26.9 Å².